The molecule has 0 radical (unpaired) electrons. The normalized spacial score (nSPS) is 12.3. The number of aryl methyl sites for hydroxylation is 1. The van der Waals surface area contributed by atoms with E-state index < -0.39 is 0 Å². The van der Waals surface area contributed by atoms with Gasteiger partial charge in [-0.25, -0.2) is 4.98 Å². The highest BCUT2D eigenvalue weighted by Crippen LogP contribution is 2.33. The number of fused-ring (bicyclic) bond motifs is 2. The summed E-state index contributed by atoms with van der Waals surface area (Å²) in [5.41, 5.74) is 4.59. The molecule has 1 N–H and O–H groups in total. The van der Waals surface area contributed by atoms with E-state index in [1.807, 2.05) is 49.4 Å². The van der Waals surface area contributed by atoms with E-state index >= 15 is 0 Å². The molecule has 138 valence electrons. The Hall–Kier alpha value is -3.80. The third-order valence-electron chi connectivity index (χ3n) is 4.55. The standard InChI is InChI=1S/C22H16N2O4/c1-13-5-7-17-19(9-13)28-22(24-17)15-3-2-4-16(10-15)23-21(25)14-6-8-18-20(11-14)27-12-26-18/h2-11H,12H2,1H3,(H,23,25). The first-order valence-electron chi connectivity index (χ1n) is 8.84. The smallest absolute Gasteiger partial charge is 0.255 e. The third kappa shape index (κ3) is 2.95. The van der Waals surface area contributed by atoms with Crippen LogP contribution in [0, 0.1) is 6.92 Å². The molecule has 0 saturated carbocycles. The van der Waals surface area contributed by atoms with Crippen LogP contribution in [0.5, 0.6) is 11.5 Å². The maximum Gasteiger partial charge on any atom is 0.255 e. The van der Waals surface area contributed by atoms with Crippen molar-refractivity contribution in [2.45, 2.75) is 6.92 Å². The van der Waals surface area contributed by atoms with Crippen LogP contribution in [0.3, 0.4) is 0 Å². The van der Waals surface area contributed by atoms with Gasteiger partial charge in [-0.3, -0.25) is 4.79 Å². The number of amides is 1. The molecule has 0 bridgehead atoms. The lowest BCUT2D eigenvalue weighted by molar-refractivity contribution is 0.102. The number of ether oxygens (including phenoxy) is 2. The van der Waals surface area contributed by atoms with Crippen molar-refractivity contribution in [3.05, 3.63) is 71.8 Å². The number of carbonyl (C=O) groups excluding carboxylic acids is 1. The Labute approximate surface area is 160 Å². The second-order valence-corrected chi connectivity index (χ2v) is 6.59. The summed E-state index contributed by atoms with van der Waals surface area (Å²) in [6, 6.07) is 18.4. The van der Waals surface area contributed by atoms with Crippen molar-refractivity contribution in [1.82, 2.24) is 4.98 Å². The van der Waals surface area contributed by atoms with E-state index in [2.05, 4.69) is 10.3 Å². The number of hydrogen-bond acceptors (Lipinski definition) is 5. The topological polar surface area (TPSA) is 73.6 Å². The maximum atomic E-state index is 12.6. The lowest BCUT2D eigenvalue weighted by atomic mass is 10.1. The van der Waals surface area contributed by atoms with Crippen LogP contribution in [-0.2, 0) is 0 Å². The molecule has 1 aliphatic heterocycles. The van der Waals surface area contributed by atoms with Gasteiger partial charge in [0.1, 0.15) is 5.52 Å². The Kier molecular flexibility index (Phi) is 3.76. The molecule has 0 saturated heterocycles. The molecule has 0 fully saturated rings. The highest BCUT2D eigenvalue weighted by atomic mass is 16.7. The Bertz CT molecular complexity index is 1210. The summed E-state index contributed by atoms with van der Waals surface area (Å²) >= 11 is 0. The molecule has 6 heteroatoms. The number of rotatable bonds is 3. The molecule has 1 aromatic heterocycles. The van der Waals surface area contributed by atoms with Gasteiger partial charge < -0.3 is 19.2 Å². The Morgan fingerprint density at radius 3 is 2.82 bits per heavy atom. The highest BCUT2D eigenvalue weighted by molar-refractivity contribution is 6.05. The van der Waals surface area contributed by atoms with E-state index in [-0.39, 0.29) is 12.7 Å². The first-order valence-corrected chi connectivity index (χ1v) is 8.84. The van der Waals surface area contributed by atoms with Gasteiger partial charge in [0.15, 0.2) is 17.1 Å². The van der Waals surface area contributed by atoms with Crippen molar-refractivity contribution < 1.29 is 18.7 Å². The summed E-state index contributed by atoms with van der Waals surface area (Å²) in [6.45, 7) is 2.18. The average molecular weight is 372 g/mol. The zero-order chi connectivity index (χ0) is 19.1. The van der Waals surface area contributed by atoms with Crippen LogP contribution >= 0.6 is 0 Å². The van der Waals surface area contributed by atoms with Gasteiger partial charge in [0.25, 0.3) is 5.91 Å². The monoisotopic (exact) mass is 372 g/mol. The lowest BCUT2D eigenvalue weighted by Crippen LogP contribution is -2.11. The molecular formula is C22H16N2O4. The first-order chi connectivity index (χ1) is 13.7. The van der Waals surface area contributed by atoms with Crippen molar-refractivity contribution in [3.8, 4) is 23.0 Å². The van der Waals surface area contributed by atoms with Gasteiger partial charge >= 0.3 is 0 Å². The van der Waals surface area contributed by atoms with E-state index in [1.54, 1.807) is 18.2 Å². The summed E-state index contributed by atoms with van der Waals surface area (Å²) in [5.74, 6) is 1.50. The van der Waals surface area contributed by atoms with E-state index in [4.69, 9.17) is 13.9 Å². The van der Waals surface area contributed by atoms with Crippen LogP contribution < -0.4 is 14.8 Å². The van der Waals surface area contributed by atoms with Crippen LogP contribution in [0.2, 0.25) is 0 Å². The number of aromatic nitrogens is 1. The predicted molar refractivity (Wildman–Crippen MR) is 105 cm³/mol. The Balaban J connectivity index is 1.41. The molecule has 1 aliphatic rings. The van der Waals surface area contributed by atoms with Crippen LogP contribution in [0.4, 0.5) is 5.69 Å². The molecule has 6 nitrogen and oxygen atoms in total. The van der Waals surface area contributed by atoms with E-state index in [0.717, 1.165) is 22.2 Å². The van der Waals surface area contributed by atoms with Crippen LogP contribution in [0.25, 0.3) is 22.6 Å². The number of oxazole rings is 1. The molecule has 1 amide bonds. The van der Waals surface area contributed by atoms with Gasteiger partial charge in [-0.2, -0.15) is 0 Å². The van der Waals surface area contributed by atoms with Crippen LogP contribution in [0.1, 0.15) is 15.9 Å². The molecule has 0 unspecified atom stereocenters. The third-order valence-corrected chi connectivity index (χ3v) is 4.55. The summed E-state index contributed by atoms with van der Waals surface area (Å²) < 4.78 is 16.5. The SMILES string of the molecule is Cc1ccc2nc(-c3cccc(NC(=O)c4ccc5c(c4)OCO5)c3)oc2c1. The molecule has 0 spiro atoms. The molecular weight excluding hydrogens is 356 g/mol. The number of anilines is 1. The van der Waals surface area contributed by atoms with E-state index in [0.29, 0.717) is 28.6 Å². The molecule has 4 aromatic rings. The van der Waals surface area contributed by atoms with Crippen LogP contribution in [0.15, 0.2) is 65.1 Å². The fraction of sp³-hybridized carbons (Fsp3) is 0.0909. The van der Waals surface area contributed by atoms with Crippen molar-refractivity contribution >= 4 is 22.7 Å². The molecule has 3 aromatic carbocycles. The van der Waals surface area contributed by atoms with Crippen molar-refractivity contribution in [3.63, 3.8) is 0 Å². The molecule has 0 atom stereocenters. The second-order valence-electron chi connectivity index (χ2n) is 6.59. The molecule has 0 aliphatic carbocycles. The zero-order valence-corrected chi connectivity index (χ0v) is 15.1. The van der Waals surface area contributed by atoms with Crippen molar-refractivity contribution in [1.29, 1.82) is 0 Å². The number of benzene rings is 3. The quantitative estimate of drug-likeness (QED) is 0.560. The first kappa shape index (κ1) is 16.4. The summed E-state index contributed by atoms with van der Waals surface area (Å²) in [4.78, 5) is 17.1. The van der Waals surface area contributed by atoms with E-state index in [9.17, 15) is 4.79 Å². The van der Waals surface area contributed by atoms with Gasteiger partial charge in [-0.1, -0.05) is 12.1 Å². The predicted octanol–water partition coefficient (Wildman–Crippen LogP) is 4.78. The second kappa shape index (κ2) is 6.42. The summed E-state index contributed by atoms with van der Waals surface area (Å²) in [5, 5.41) is 2.90. The minimum atomic E-state index is -0.233. The number of carbonyl (C=O) groups is 1. The molecule has 2 heterocycles. The van der Waals surface area contributed by atoms with Gasteiger partial charge in [0.2, 0.25) is 12.7 Å². The minimum absolute atomic E-state index is 0.173. The Morgan fingerprint density at radius 2 is 1.89 bits per heavy atom. The number of nitrogens with one attached hydrogen (secondary N) is 1. The van der Waals surface area contributed by atoms with Crippen LogP contribution in [-0.4, -0.2) is 17.7 Å². The van der Waals surface area contributed by atoms with E-state index in [1.165, 1.54) is 0 Å². The number of hydrogen-bond donors (Lipinski definition) is 1. The fourth-order valence-corrected chi connectivity index (χ4v) is 3.13. The average Bonchev–Trinajstić information content (AvgIpc) is 3.33. The highest BCUT2D eigenvalue weighted by Gasteiger charge is 2.16. The van der Waals surface area contributed by atoms with Gasteiger partial charge in [-0.05, 0) is 61.0 Å². The molecule has 5 rings (SSSR count). The zero-order valence-electron chi connectivity index (χ0n) is 15.1. The maximum absolute atomic E-state index is 12.6. The van der Waals surface area contributed by atoms with Gasteiger partial charge in [0.05, 0.1) is 0 Å². The largest absolute Gasteiger partial charge is 0.454 e. The lowest BCUT2D eigenvalue weighted by Gasteiger charge is -2.07. The molecule has 28 heavy (non-hydrogen) atoms. The summed E-state index contributed by atoms with van der Waals surface area (Å²) in [6.07, 6.45) is 0. The fourth-order valence-electron chi connectivity index (χ4n) is 3.13. The minimum Gasteiger partial charge on any atom is -0.454 e. The van der Waals surface area contributed by atoms with Gasteiger partial charge in [-0.15, -0.1) is 0 Å². The van der Waals surface area contributed by atoms with Gasteiger partial charge in [0, 0.05) is 16.8 Å². The van der Waals surface area contributed by atoms with Crippen molar-refractivity contribution in [2.24, 2.45) is 0 Å². The summed E-state index contributed by atoms with van der Waals surface area (Å²) in [7, 11) is 0. The Morgan fingerprint density at radius 1 is 1.00 bits per heavy atom. The van der Waals surface area contributed by atoms with Crippen molar-refractivity contribution in [2.75, 3.05) is 12.1 Å². The number of nitrogens with zero attached hydrogens (tertiary/aromatic N) is 1.